The maximum absolute atomic E-state index is 9.82. The molecule has 0 spiro atoms. The van der Waals surface area contributed by atoms with Gasteiger partial charge in [-0.25, -0.2) is 0 Å². The van der Waals surface area contributed by atoms with E-state index >= 15 is 0 Å². The monoisotopic (exact) mass is 232 g/mol. The number of hydrogen-bond donors (Lipinski definition) is 1. The maximum atomic E-state index is 9.82. The predicted octanol–water partition coefficient (Wildman–Crippen LogP) is 1.87. The molecule has 1 heterocycles. The third kappa shape index (κ3) is 2.28. The highest BCUT2D eigenvalue weighted by atomic mass is 16.5. The van der Waals surface area contributed by atoms with E-state index in [-0.39, 0.29) is 5.75 Å². The van der Waals surface area contributed by atoms with Crippen molar-refractivity contribution in [3.63, 3.8) is 0 Å². The zero-order chi connectivity index (χ0) is 12.3. The van der Waals surface area contributed by atoms with E-state index in [4.69, 9.17) is 9.47 Å². The summed E-state index contributed by atoms with van der Waals surface area (Å²) in [7, 11) is 3.07. The van der Waals surface area contributed by atoms with Gasteiger partial charge in [0.05, 0.1) is 19.9 Å². The Morgan fingerprint density at radius 1 is 1.00 bits per heavy atom. The SMILES string of the molecule is COc1ccc(-c2ccc(OC)nn2)c(O)c1. The highest BCUT2D eigenvalue weighted by molar-refractivity contribution is 5.67. The van der Waals surface area contributed by atoms with Crippen molar-refractivity contribution in [3.05, 3.63) is 30.3 Å². The van der Waals surface area contributed by atoms with E-state index in [0.717, 1.165) is 0 Å². The van der Waals surface area contributed by atoms with Crippen molar-refractivity contribution in [2.24, 2.45) is 0 Å². The quantitative estimate of drug-likeness (QED) is 0.875. The van der Waals surface area contributed by atoms with Crippen LogP contribution in [0.2, 0.25) is 0 Å². The number of phenolic OH excluding ortho intramolecular Hbond substituents is 1. The molecule has 0 aliphatic rings. The van der Waals surface area contributed by atoms with Crippen LogP contribution in [0.4, 0.5) is 0 Å². The van der Waals surface area contributed by atoms with Crippen LogP contribution < -0.4 is 9.47 Å². The summed E-state index contributed by atoms with van der Waals surface area (Å²) >= 11 is 0. The first kappa shape index (κ1) is 11.2. The average Bonchev–Trinajstić information content (AvgIpc) is 2.39. The van der Waals surface area contributed by atoms with E-state index in [2.05, 4.69) is 10.2 Å². The average molecular weight is 232 g/mol. The van der Waals surface area contributed by atoms with Crippen molar-refractivity contribution < 1.29 is 14.6 Å². The summed E-state index contributed by atoms with van der Waals surface area (Å²) in [5.74, 6) is 1.12. The zero-order valence-corrected chi connectivity index (χ0v) is 9.54. The fourth-order valence-electron chi connectivity index (χ4n) is 1.43. The molecular weight excluding hydrogens is 220 g/mol. The third-order valence-corrected chi connectivity index (χ3v) is 2.33. The number of rotatable bonds is 3. The van der Waals surface area contributed by atoms with Crippen molar-refractivity contribution in [1.29, 1.82) is 0 Å². The predicted molar refractivity (Wildman–Crippen MR) is 62.2 cm³/mol. The zero-order valence-electron chi connectivity index (χ0n) is 9.54. The molecular formula is C12H12N2O3. The minimum Gasteiger partial charge on any atom is -0.507 e. The van der Waals surface area contributed by atoms with Crippen LogP contribution in [0.25, 0.3) is 11.3 Å². The lowest BCUT2D eigenvalue weighted by Gasteiger charge is -2.06. The van der Waals surface area contributed by atoms with E-state index in [0.29, 0.717) is 22.9 Å². The Bertz CT molecular complexity index is 512. The van der Waals surface area contributed by atoms with Gasteiger partial charge in [-0.15, -0.1) is 10.2 Å². The van der Waals surface area contributed by atoms with Crippen LogP contribution in [0.1, 0.15) is 0 Å². The van der Waals surface area contributed by atoms with Gasteiger partial charge in [-0.2, -0.15) is 0 Å². The Labute approximate surface area is 98.6 Å². The summed E-state index contributed by atoms with van der Waals surface area (Å²) < 4.78 is 9.92. The molecule has 88 valence electrons. The van der Waals surface area contributed by atoms with E-state index in [1.165, 1.54) is 13.2 Å². The van der Waals surface area contributed by atoms with Crippen LogP contribution in [0.15, 0.2) is 30.3 Å². The van der Waals surface area contributed by atoms with Gasteiger partial charge in [-0.3, -0.25) is 0 Å². The molecule has 17 heavy (non-hydrogen) atoms. The molecule has 1 N–H and O–H groups in total. The fraction of sp³-hybridized carbons (Fsp3) is 0.167. The van der Waals surface area contributed by atoms with Crippen molar-refractivity contribution >= 4 is 0 Å². The molecule has 5 heteroatoms. The number of ether oxygens (including phenoxy) is 2. The number of benzene rings is 1. The largest absolute Gasteiger partial charge is 0.507 e. The summed E-state index contributed by atoms with van der Waals surface area (Å²) in [4.78, 5) is 0. The Morgan fingerprint density at radius 3 is 2.35 bits per heavy atom. The van der Waals surface area contributed by atoms with E-state index < -0.39 is 0 Å². The van der Waals surface area contributed by atoms with Crippen LogP contribution >= 0.6 is 0 Å². The van der Waals surface area contributed by atoms with Crippen LogP contribution in [0.3, 0.4) is 0 Å². The van der Waals surface area contributed by atoms with Crippen LogP contribution in [0.5, 0.6) is 17.4 Å². The summed E-state index contributed by atoms with van der Waals surface area (Å²) in [6.07, 6.45) is 0. The summed E-state index contributed by atoms with van der Waals surface area (Å²) in [5, 5.41) is 17.6. The number of aromatic hydroxyl groups is 1. The number of methoxy groups -OCH3 is 2. The molecule has 0 amide bonds. The van der Waals surface area contributed by atoms with Gasteiger partial charge < -0.3 is 14.6 Å². The molecule has 2 rings (SSSR count). The van der Waals surface area contributed by atoms with Gasteiger partial charge in [0.15, 0.2) is 0 Å². The van der Waals surface area contributed by atoms with Gasteiger partial charge in [0, 0.05) is 17.7 Å². The molecule has 0 radical (unpaired) electrons. The Morgan fingerprint density at radius 2 is 1.82 bits per heavy atom. The second-order valence-corrected chi connectivity index (χ2v) is 3.34. The lowest BCUT2D eigenvalue weighted by Crippen LogP contribution is -1.92. The maximum Gasteiger partial charge on any atom is 0.233 e. The first-order valence-corrected chi connectivity index (χ1v) is 4.99. The van der Waals surface area contributed by atoms with Crippen LogP contribution in [-0.2, 0) is 0 Å². The normalized spacial score (nSPS) is 10.0. The van der Waals surface area contributed by atoms with Gasteiger partial charge in [0.25, 0.3) is 0 Å². The molecule has 1 aromatic carbocycles. The number of phenols is 1. The fourth-order valence-corrected chi connectivity index (χ4v) is 1.43. The highest BCUT2D eigenvalue weighted by Gasteiger charge is 2.07. The lowest BCUT2D eigenvalue weighted by atomic mass is 10.1. The molecule has 0 bridgehead atoms. The van der Waals surface area contributed by atoms with Crippen molar-refractivity contribution in [2.45, 2.75) is 0 Å². The third-order valence-electron chi connectivity index (χ3n) is 2.33. The summed E-state index contributed by atoms with van der Waals surface area (Å²) in [6.45, 7) is 0. The number of nitrogens with zero attached hydrogens (tertiary/aromatic N) is 2. The molecule has 0 aliphatic heterocycles. The molecule has 2 aromatic rings. The smallest absolute Gasteiger partial charge is 0.233 e. The second-order valence-electron chi connectivity index (χ2n) is 3.34. The van der Waals surface area contributed by atoms with Crippen molar-refractivity contribution in [2.75, 3.05) is 14.2 Å². The summed E-state index contributed by atoms with van der Waals surface area (Å²) in [5.41, 5.74) is 1.17. The minimum absolute atomic E-state index is 0.101. The van der Waals surface area contributed by atoms with Gasteiger partial charge >= 0.3 is 0 Å². The Hall–Kier alpha value is -2.30. The van der Waals surface area contributed by atoms with Gasteiger partial charge in [0.2, 0.25) is 5.88 Å². The summed E-state index contributed by atoms with van der Waals surface area (Å²) in [6, 6.07) is 8.42. The number of hydrogen-bond acceptors (Lipinski definition) is 5. The molecule has 0 saturated carbocycles. The standard InChI is InChI=1S/C12H12N2O3/c1-16-8-3-4-9(11(15)7-8)10-5-6-12(17-2)14-13-10/h3-7,15H,1-2H3. The second kappa shape index (κ2) is 4.69. The lowest BCUT2D eigenvalue weighted by molar-refractivity contribution is 0.392. The van der Waals surface area contributed by atoms with Gasteiger partial charge in [0.1, 0.15) is 11.5 Å². The first-order chi connectivity index (χ1) is 8.24. The molecule has 5 nitrogen and oxygen atoms in total. The van der Waals surface area contributed by atoms with Crippen LogP contribution in [-0.4, -0.2) is 29.5 Å². The molecule has 0 fully saturated rings. The van der Waals surface area contributed by atoms with Gasteiger partial charge in [-0.1, -0.05) is 0 Å². The minimum atomic E-state index is 0.101. The molecule has 0 aliphatic carbocycles. The molecule has 0 saturated heterocycles. The van der Waals surface area contributed by atoms with Crippen molar-refractivity contribution in [3.8, 4) is 28.6 Å². The highest BCUT2D eigenvalue weighted by Crippen LogP contribution is 2.31. The first-order valence-electron chi connectivity index (χ1n) is 4.99. The number of aromatic nitrogens is 2. The molecule has 1 aromatic heterocycles. The Balaban J connectivity index is 2.38. The molecule has 0 unspecified atom stereocenters. The Kier molecular flexibility index (Phi) is 3.09. The van der Waals surface area contributed by atoms with E-state index in [9.17, 15) is 5.11 Å². The van der Waals surface area contributed by atoms with Crippen LogP contribution in [0, 0.1) is 0 Å². The topological polar surface area (TPSA) is 64.5 Å². The molecule has 0 atom stereocenters. The van der Waals surface area contributed by atoms with E-state index in [1.807, 2.05) is 0 Å². The van der Waals surface area contributed by atoms with Crippen molar-refractivity contribution in [1.82, 2.24) is 10.2 Å². The van der Waals surface area contributed by atoms with E-state index in [1.54, 1.807) is 31.4 Å². The van der Waals surface area contributed by atoms with Gasteiger partial charge in [-0.05, 0) is 18.2 Å².